The molecule has 0 atom stereocenters. The molecule has 2 amide bonds. The summed E-state index contributed by atoms with van der Waals surface area (Å²) >= 11 is 0. The fourth-order valence-corrected chi connectivity index (χ4v) is 2.38. The van der Waals surface area contributed by atoms with E-state index in [0.717, 1.165) is 18.2 Å². The van der Waals surface area contributed by atoms with Crippen LogP contribution in [-0.4, -0.2) is 16.7 Å². The molecule has 2 aromatic carbocycles. The molecule has 2 aromatic rings. The van der Waals surface area contributed by atoms with Crippen LogP contribution < -0.4 is 11.1 Å². The molecule has 0 fully saturated rings. The average Bonchev–Trinajstić information content (AvgIpc) is 2.55. The molecule has 2 rings (SSSR count). The van der Waals surface area contributed by atoms with Gasteiger partial charge in [0.2, 0.25) is 5.91 Å². The lowest BCUT2D eigenvalue weighted by Gasteiger charge is -2.14. The van der Waals surface area contributed by atoms with E-state index in [1.165, 1.54) is 12.1 Å². The van der Waals surface area contributed by atoms with E-state index in [1.807, 2.05) is 5.32 Å². The Labute approximate surface area is 148 Å². The molecule has 0 heterocycles. The van der Waals surface area contributed by atoms with Crippen LogP contribution in [0.5, 0.6) is 0 Å². The number of benzene rings is 2. The summed E-state index contributed by atoms with van der Waals surface area (Å²) in [5, 5.41) is 13.1. The zero-order chi connectivity index (χ0) is 20.4. The number of hydrogen-bond acceptors (Lipinski definition) is 4. The van der Waals surface area contributed by atoms with Gasteiger partial charge >= 0.3 is 6.18 Å². The van der Waals surface area contributed by atoms with Gasteiger partial charge in [-0.05, 0) is 24.3 Å². The summed E-state index contributed by atoms with van der Waals surface area (Å²) in [6.07, 6.45) is -5.63. The molecule has 0 spiro atoms. The number of hydrogen-bond donors (Lipinski definition) is 2. The Hall–Kier alpha value is -3.50. The zero-order valence-corrected chi connectivity index (χ0v) is 13.3. The van der Waals surface area contributed by atoms with E-state index in [1.54, 1.807) is 0 Å². The highest BCUT2D eigenvalue weighted by Gasteiger charge is 2.34. The number of nitrogens with one attached hydrogen (secondary N) is 1. The minimum Gasteiger partial charge on any atom is -0.365 e. The van der Waals surface area contributed by atoms with Gasteiger partial charge in [0.25, 0.3) is 11.6 Å². The third-order valence-corrected chi connectivity index (χ3v) is 3.48. The summed E-state index contributed by atoms with van der Waals surface area (Å²) in [4.78, 5) is 33.7. The first-order chi connectivity index (χ1) is 12.5. The van der Waals surface area contributed by atoms with E-state index < -0.39 is 57.7 Å². The fourth-order valence-electron chi connectivity index (χ4n) is 2.38. The molecule has 0 bridgehead atoms. The van der Waals surface area contributed by atoms with E-state index in [-0.39, 0.29) is 11.6 Å². The van der Waals surface area contributed by atoms with Crippen LogP contribution in [0.15, 0.2) is 36.4 Å². The van der Waals surface area contributed by atoms with Crippen molar-refractivity contribution in [2.24, 2.45) is 5.73 Å². The molecule has 0 unspecified atom stereocenters. The van der Waals surface area contributed by atoms with Crippen LogP contribution in [0.3, 0.4) is 0 Å². The Bertz CT molecular complexity index is 928. The maximum Gasteiger partial charge on any atom is 0.418 e. The minimum atomic E-state index is -4.93. The predicted molar refractivity (Wildman–Crippen MR) is 85.4 cm³/mol. The molecular weight excluding hydrogens is 374 g/mol. The predicted octanol–water partition coefficient (Wildman–Crippen LogP) is 3.03. The van der Waals surface area contributed by atoms with Crippen molar-refractivity contribution in [2.75, 3.05) is 5.32 Å². The second-order valence-electron chi connectivity index (χ2n) is 5.35. The van der Waals surface area contributed by atoms with Crippen molar-refractivity contribution in [1.82, 2.24) is 0 Å². The molecule has 142 valence electrons. The van der Waals surface area contributed by atoms with Gasteiger partial charge in [0.1, 0.15) is 11.4 Å². The van der Waals surface area contributed by atoms with Gasteiger partial charge in [0, 0.05) is 5.56 Å². The highest BCUT2D eigenvalue weighted by atomic mass is 19.4. The van der Waals surface area contributed by atoms with Crippen LogP contribution in [0, 0.1) is 15.9 Å². The van der Waals surface area contributed by atoms with Crippen molar-refractivity contribution in [3.63, 3.8) is 0 Å². The summed E-state index contributed by atoms with van der Waals surface area (Å²) in [6.45, 7) is 0. The summed E-state index contributed by atoms with van der Waals surface area (Å²) in [6, 6.07) is 5.16. The average molecular weight is 385 g/mol. The number of nitrogens with two attached hydrogens (primary N) is 1. The molecule has 0 radical (unpaired) electrons. The van der Waals surface area contributed by atoms with Crippen molar-refractivity contribution in [1.29, 1.82) is 0 Å². The fraction of sp³-hybridized carbons (Fsp3) is 0.125. The number of anilines is 1. The number of nitrogens with zero attached hydrogens (tertiary/aromatic N) is 1. The second kappa shape index (κ2) is 7.40. The summed E-state index contributed by atoms with van der Waals surface area (Å²) in [5.41, 5.74) is 1.57. The van der Waals surface area contributed by atoms with E-state index in [0.29, 0.717) is 0 Å². The number of alkyl halides is 3. The maximum atomic E-state index is 13.1. The summed E-state index contributed by atoms with van der Waals surface area (Å²) in [7, 11) is 0. The van der Waals surface area contributed by atoms with Crippen molar-refractivity contribution >= 4 is 23.2 Å². The van der Waals surface area contributed by atoms with Gasteiger partial charge in [-0.1, -0.05) is 12.1 Å². The van der Waals surface area contributed by atoms with Crippen LogP contribution in [-0.2, 0) is 17.4 Å². The smallest absolute Gasteiger partial charge is 0.365 e. The molecule has 11 heteroatoms. The van der Waals surface area contributed by atoms with Crippen LogP contribution in [0.4, 0.5) is 28.9 Å². The topological polar surface area (TPSA) is 115 Å². The molecular formula is C16H11F4N3O4. The molecule has 3 N–H and O–H groups in total. The van der Waals surface area contributed by atoms with E-state index in [9.17, 15) is 37.3 Å². The van der Waals surface area contributed by atoms with Crippen molar-refractivity contribution in [3.05, 3.63) is 69.0 Å². The van der Waals surface area contributed by atoms with Gasteiger partial charge in [-0.15, -0.1) is 0 Å². The number of primary amides is 1. The van der Waals surface area contributed by atoms with E-state index in [4.69, 9.17) is 5.73 Å². The molecule has 27 heavy (non-hydrogen) atoms. The second-order valence-corrected chi connectivity index (χ2v) is 5.35. The monoisotopic (exact) mass is 385 g/mol. The normalized spacial score (nSPS) is 11.1. The zero-order valence-electron chi connectivity index (χ0n) is 13.3. The number of nitro benzene ring substituents is 1. The first kappa shape index (κ1) is 19.8. The Kier molecular flexibility index (Phi) is 5.43. The number of carbonyl (C=O) groups excluding carboxylic acids is 2. The largest absolute Gasteiger partial charge is 0.418 e. The number of nitro groups is 1. The molecule has 0 aliphatic carbocycles. The quantitative estimate of drug-likeness (QED) is 0.468. The Morgan fingerprint density at radius 3 is 2.41 bits per heavy atom. The lowest BCUT2D eigenvalue weighted by atomic mass is 10.0. The number of carbonyl (C=O) groups is 2. The Morgan fingerprint density at radius 1 is 1.19 bits per heavy atom. The van der Waals surface area contributed by atoms with Gasteiger partial charge < -0.3 is 11.1 Å². The van der Waals surface area contributed by atoms with E-state index >= 15 is 0 Å². The van der Waals surface area contributed by atoms with Gasteiger partial charge in [-0.25, -0.2) is 4.39 Å². The number of rotatable bonds is 5. The standard InChI is InChI=1S/C16H11F4N3O4/c17-9-4-5-12(11(7-9)16(18,19)20)22-13(24)6-8-2-1-3-10(15(21)25)14(8)23(26)27/h1-5,7H,6H2,(H2,21,25)(H,22,24). The molecule has 0 saturated carbocycles. The first-order valence-corrected chi connectivity index (χ1v) is 7.23. The van der Waals surface area contributed by atoms with Crippen LogP contribution in [0.1, 0.15) is 21.5 Å². The molecule has 0 aromatic heterocycles. The first-order valence-electron chi connectivity index (χ1n) is 7.23. The lowest BCUT2D eigenvalue weighted by molar-refractivity contribution is -0.385. The molecule has 7 nitrogen and oxygen atoms in total. The Balaban J connectivity index is 2.34. The highest BCUT2D eigenvalue weighted by Crippen LogP contribution is 2.35. The van der Waals surface area contributed by atoms with Crippen molar-refractivity contribution in [3.8, 4) is 0 Å². The number of para-hydroxylation sites is 1. The molecule has 0 aliphatic heterocycles. The number of halogens is 4. The number of amides is 2. The van der Waals surface area contributed by atoms with Crippen molar-refractivity contribution in [2.45, 2.75) is 12.6 Å². The van der Waals surface area contributed by atoms with Crippen molar-refractivity contribution < 1.29 is 32.1 Å². The van der Waals surface area contributed by atoms with Crippen LogP contribution in [0.25, 0.3) is 0 Å². The minimum absolute atomic E-state index is 0.214. The van der Waals surface area contributed by atoms with E-state index in [2.05, 4.69) is 0 Å². The maximum absolute atomic E-state index is 13.1. The van der Waals surface area contributed by atoms with Gasteiger partial charge in [0.15, 0.2) is 0 Å². The highest BCUT2D eigenvalue weighted by molar-refractivity contribution is 5.99. The SMILES string of the molecule is NC(=O)c1cccc(CC(=O)Nc2ccc(F)cc2C(F)(F)F)c1[N+](=O)[O-]. The van der Waals surface area contributed by atoms with Crippen LogP contribution >= 0.6 is 0 Å². The molecule has 0 saturated heterocycles. The van der Waals surface area contributed by atoms with Gasteiger partial charge in [-0.3, -0.25) is 19.7 Å². The van der Waals surface area contributed by atoms with Crippen LogP contribution in [0.2, 0.25) is 0 Å². The lowest BCUT2D eigenvalue weighted by Crippen LogP contribution is -2.20. The van der Waals surface area contributed by atoms with Gasteiger partial charge in [-0.2, -0.15) is 13.2 Å². The third-order valence-electron chi connectivity index (χ3n) is 3.48. The third kappa shape index (κ3) is 4.57. The molecule has 0 aliphatic rings. The summed E-state index contributed by atoms with van der Waals surface area (Å²) < 4.78 is 52.0. The van der Waals surface area contributed by atoms with Gasteiger partial charge in [0.05, 0.1) is 22.6 Å². The Morgan fingerprint density at radius 2 is 1.85 bits per heavy atom. The summed E-state index contributed by atoms with van der Waals surface area (Å²) in [5.74, 6) is -3.27.